The largest absolute Gasteiger partial charge is 0.493 e. The van der Waals surface area contributed by atoms with E-state index in [4.69, 9.17) is 9.73 Å². The van der Waals surface area contributed by atoms with Gasteiger partial charge in [0.15, 0.2) is 5.17 Å². The summed E-state index contributed by atoms with van der Waals surface area (Å²) in [5, 5.41) is 4.53. The molecule has 2 heterocycles. The quantitative estimate of drug-likeness (QED) is 0.611. The number of nitrogens with zero attached hydrogens (tertiary/aromatic N) is 2. The Labute approximate surface area is 179 Å². The highest BCUT2D eigenvalue weighted by Crippen LogP contribution is 2.44. The first-order valence-corrected chi connectivity index (χ1v) is 10.9. The van der Waals surface area contributed by atoms with Crippen LogP contribution in [0.5, 0.6) is 5.75 Å². The maximum atomic E-state index is 12.5. The molecule has 2 atom stereocenters. The van der Waals surface area contributed by atoms with Crippen LogP contribution < -0.4 is 10.1 Å². The van der Waals surface area contributed by atoms with Gasteiger partial charge in [-0.2, -0.15) is 0 Å². The van der Waals surface area contributed by atoms with Crippen LogP contribution in [-0.4, -0.2) is 28.7 Å². The Kier molecular flexibility index (Phi) is 5.01. The first kappa shape index (κ1) is 18.9. The van der Waals surface area contributed by atoms with Crippen LogP contribution >= 0.6 is 11.8 Å². The smallest absolute Gasteiger partial charge is 0.264 e. The van der Waals surface area contributed by atoms with Gasteiger partial charge in [0.2, 0.25) is 0 Å². The molecule has 2 aliphatic rings. The van der Waals surface area contributed by atoms with E-state index in [2.05, 4.69) is 34.6 Å². The van der Waals surface area contributed by atoms with Crippen molar-refractivity contribution in [2.45, 2.75) is 25.3 Å². The zero-order valence-electron chi connectivity index (χ0n) is 16.5. The molecule has 150 valence electrons. The second-order valence-corrected chi connectivity index (χ2v) is 8.37. The zero-order chi connectivity index (χ0) is 20.5. The molecule has 1 amide bonds. The number of benzene rings is 2. The minimum absolute atomic E-state index is 0.105. The number of aromatic nitrogens is 1. The molecule has 1 saturated heterocycles. The number of rotatable bonds is 5. The molecule has 1 aromatic heterocycles. The van der Waals surface area contributed by atoms with Crippen LogP contribution in [0.3, 0.4) is 0 Å². The summed E-state index contributed by atoms with van der Waals surface area (Å²) < 4.78 is 5.72. The van der Waals surface area contributed by atoms with Gasteiger partial charge in [0.25, 0.3) is 5.91 Å². The third-order valence-corrected chi connectivity index (χ3v) is 6.17. The molecule has 1 saturated carbocycles. The van der Waals surface area contributed by atoms with Crippen LogP contribution in [0.25, 0.3) is 17.0 Å². The van der Waals surface area contributed by atoms with Crippen molar-refractivity contribution in [1.82, 2.24) is 10.3 Å². The SMILES string of the molecule is CCOc1ccnc2ccc(/C=C3\SC(=N[C@@H]4C[C@H]4c4ccccc4)NC3=O)cc12. The second kappa shape index (κ2) is 7.95. The molecule has 1 N–H and O–H groups in total. The molecule has 0 spiro atoms. The molecule has 6 heteroatoms. The molecule has 1 aliphatic carbocycles. The van der Waals surface area contributed by atoms with Crippen molar-refractivity contribution in [1.29, 1.82) is 0 Å². The van der Waals surface area contributed by atoms with E-state index in [1.165, 1.54) is 17.3 Å². The summed E-state index contributed by atoms with van der Waals surface area (Å²) in [6.45, 7) is 2.55. The van der Waals surface area contributed by atoms with Gasteiger partial charge >= 0.3 is 0 Å². The predicted octanol–water partition coefficient (Wildman–Crippen LogP) is 4.75. The Morgan fingerprint density at radius 3 is 2.93 bits per heavy atom. The molecular weight excluding hydrogens is 394 g/mol. The van der Waals surface area contributed by atoms with Crippen molar-refractivity contribution in [2.24, 2.45) is 4.99 Å². The Balaban J connectivity index is 1.35. The minimum atomic E-state index is -0.105. The molecular formula is C24H21N3O2S. The molecule has 3 aromatic rings. The number of carbonyl (C=O) groups is 1. The molecule has 2 fully saturated rings. The van der Waals surface area contributed by atoms with Crippen LogP contribution in [0.4, 0.5) is 0 Å². The topological polar surface area (TPSA) is 63.6 Å². The third kappa shape index (κ3) is 3.83. The fraction of sp³-hybridized carbons (Fsp3) is 0.208. The van der Waals surface area contributed by atoms with Gasteiger partial charge < -0.3 is 10.1 Å². The lowest BCUT2D eigenvalue weighted by Gasteiger charge is -2.07. The molecule has 0 radical (unpaired) electrons. The summed E-state index contributed by atoms with van der Waals surface area (Å²) >= 11 is 1.40. The van der Waals surface area contributed by atoms with Gasteiger partial charge in [0, 0.05) is 17.5 Å². The van der Waals surface area contributed by atoms with Crippen LogP contribution in [-0.2, 0) is 4.79 Å². The fourth-order valence-electron chi connectivity index (χ4n) is 3.68. The van der Waals surface area contributed by atoms with Crippen molar-refractivity contribution in [2.75, 3.05) is 6.61 Å². The van der Waals surface area contributed by atoms with Crippen molar-refractivity contribution in [3.63, 3.8) is 0 Å². The number of amidine groups is 1. The molecule has 5 nitrogen and oxygen atoms in total. The lowest BCUT2D eigenvalue weighted by molar-refractivity contribution is -0.115. The van der Waals surface area contributed by atoms with Crippen molar-refractivity contribution >= 4 is 39.8 Å². The lowest BCUT2D eigenvalue weighted by atomic mass is 10.1. The number of aliphatic imine (C=N–C) groups is 1. The van der Waals surface area contributed by atoms with Crippen LogP contribution in [0.1, 0.15) is 30.4 Å². The van der Waals surface area contributed by atoms with Crippen molar-refractivity contribution in [3.05, 3.63) is 76.8 Å². The molecule has 30 heavy (non-hydrogen) atoms. The Morgan fingerprint density at radius 2 is 2.10 bits per heavy atom. The molecule has 5 rings (SSSR count). The Morgan fingerprint density at radius 1 is 1.23 bits per heavy atom. The van der Waals surface area contributed by atoms with E-state index in [-0.39, 0.29) is 11.9 Å². The number of ether oxygens (including phenoxy) is 1. The zero-order valence-corrected chi connectivity index (χ0v) is 17.4. The van der Waals surface area contributed by atoms with E-state index in [1.54, 1.807) is 6.20 Å². The van der Waals surface area contributed by atoms with Gasteiger partial charge in [0.05, 0.1) is 23.1 Å². The van der Waals surface area contributed by atoms with Crippen LogP contribution in [0.2, 0.25) is 0 Å². The monoisotopic (exact) mass is 415 g/mol. The molecule has 0 bridgehead atoms. The summed E-state index contributed by atoms with van der Waals surface area (Å²) in [6, 6.07) is 18.5. The number of hydrogen-bond acceptors (Lipinski definition) is 5. The maximum Gasteiger partial charge on any atom is 0.264 e. The highest BCUT2D eigenvalue weighted by Gasteiger charge is 2.39. The number of amides is 1. The minimum Gasteiger partial charge on any atom is -0.493 e. The molecule has 0 unspecified atom stereocenters. The summed E-state index contributed by atoms with van der Waals surface area (Å²) in [5.41, 5.74) is 3.12. The van der Waals surface area contributed by atoms with E-state index in [0.29, 0.717) is 22.6 Å². The van der Waals surface area contributed by atoms with Crippen molar-refractivity contribution < 1.29 is 9.53 Å². The molecule has 2 aromatic carbocycles. The first-order valence-electron chi connectivity index (χ1n) is 10.1. The fourth-order valence-corrected chi connectivity index (χ4v) is 4.56. The summed E-state index contributed by atoms with van der Waals surface area (Å²) in [6.07, 6.45) is 4.67. The van der Waals surface area contributed by atoms with E-state index in [9.17, 15) is 4.79 Å². The van der Waals surface area contributed by atoms with E-state index in [0.717, 1.165) is 28.6 Å². The highest BCUT2D eigenvalue weighted by molar-refractivity contribution is 8.18. The van der Waals surface area contributed by atoms with Gasteiger partial charge in [-0.05, 0) is 60.5 Å². The summed E-state index contributed by atoms with van der Waals surface area (Å²) in [4.78, 5) is 22.2. The number of fused-ring (bicyclic) bond motifs is 1. The van der Waals surface area contributed by atoms with E-state index < -0.39 is 0 Å². The van der Waals surface area contributed by atoms with Gasteiger partial charge in [-0.3, -0.25) is 14.8 Å². The number of nitrogens with one attached hydrogen (secondary N) is 1. The summed E-state index contributed by atoms with van der Waals surface area (Å²) in [7, 11) is 0. The Bertz CT molecular complexity index is 1170. The van der Waals surface area contributed by atoms with E-state index >= 15 is 0 Å². The van der Waals surface area contributed by atoms with Gasteiger partial charge in [0.1, 0.15) is 5.75 Å². The second-order valence-electron chi connectivity index (χ2n) is 7.34. The van der Waals surface area contributed by atoms with Crippen LogP contribution in [0.15, 0.2) is 70.7 Å². The maximum absolute atomic E-state index is 12.5. The number of carbonyl (C=O) groups excluding carboxylic acids is 1. The summed E-state index contributed by atoms with van der Waals surface area (Å²) in [5.74, 6) is 1.15. The normalized spacial score (nSPS) is 23.2. The number of thioether (sulfide) groups is 1. The van der Waals surface area contributed by atoms with Crippen LogP contribution in [0, 0.1) is 0 Å². The number of pyridine rings is 1. The first-order chi connectivity index (χ1) is 14.7. The predicted molar refractivity (Wildman–Crippen MR) is 122 cm³/mol. The Hall–Kier alpha value is -3.12. The number of hydrogen-bond donors (Lipinski definition) is 1. The molecule has 1 aliphatic heterocycles. The van der Waals surface area contributed by atoms with E-state index in [1.807, 2.05) is 43.3 Å². The van der Waals surface area contributed by atoms with Gasteiger partial charge in [-0.1, -0.05) is 36.4 Å². The van der Waals surface area contributed by atoms with Crippen molar-refractivity contribution in [3.8, 4) is 5.75 Å². The average molecular weight is 416 g/mol. The van der Waals surface area contributed by atoms with Gasteiger partial charge in [-0.25, -0.2) is 0 Å². The van der Waals surface area contributed by atoms with Gasteiger partial charge in [-0.15, -0.1) is 0 Å². The standard InChI is InChI=1S/C24H21N3O2S/c1-2-29-21-10-11-25-19-9-8-15(12-18(19)21)13-22-23(28)27-24(30-22)26-20-14-17(20)16-6-4-3-5-7-16/h3-13,17,20H,2,14H2,1H3,(H,26,27,28)/b22-13-/t17-,20+/m0/s1. The third-order valence-electron chi connectivity index (χ3n) is 5.24. The highest BCUT2D eigenvalue weighted by atomic mass is 32.2. The average Bonchev–Trinajstić information content (AvgIpc) is 3.45. The lowest BCUT2D eigenvalue weighted by Crippen LogP contribution is -2.20.